The monoisotopic (exact) mass is 260 g/mol. The van der Waals surface area contributed by atoms with Crippen LogP contribution in [0.1, 0.15) is 44.7 Å². The summed E-state index contributed by atoms with van der Waals surface area (Å²) >= 11 is 0. The van der Waals surface area contributed by atoms with E-state index < -0.39 is 0 Å². The highest BCUT2D eigenvalue weighted by molar-refractivity contribution is 5.82. The number of hydrogen-bond donors (Lipinski definition) is 2. The molecule has 1 aliphatic heterocycles. The summed E-state index contributed by atoms with van der Waals surface area (Å²) in [7, 11) is 0. The highest BCUT2D eigenvalue weighted by atomic mass is 16.2. The summed E-state index contributed by atoms with van der Waals surface area (Å²) in [5.41, 5.74) is 1.15. The van der Waals surface area contributed by atoms with Crippen LogP contribution in [0.15, 0.2) is 30.3 Å². The Balaban J connectivity index is 1.90. The smallest absolute Gasteiger partial charge is 0.237 e. The third-order valence-electron chi connectivity index (χ3n) is 4.06. The number of benzene rings is 1. The summed E-state index contributed by atoms with van der Waals surface area (Å²) in [5, 5.41) is 6.44. The number of nitrogens with one attached hydrogen (secondary N) is 2. The summed E-state index contributed by atoms with van der Waals surface area (Å²) in [5.74, 6) is 0.818. The van der Waals surface area contributed by atoms with Crippen molar-refractivity contribution in [2.45, 2.75) is 45.2 Å². The number of hydrogen-bond acceptors (Lipinski definition) is 2. The van der Waals surface area contributed by atoms with Gasteiger partial charge in [0.15, 0.2) is 0 Å². The molecule has 1 aromatic rings. The first-order valence-electron chi connectivity index (χ1n) is 7.29. The van der Waals surface area contributed by atoms with Gasteiger partial charge in [0.25, 0.3) is 0 Å². The molecule has 1 fully saturated rings. The normalized spacial score (nSPS) is 24.7. The predicted molar refractivity (Wildman–Crippen MR) is 77.8 cm³/mol. The summed E-state index contributed by atoms with van der Waals surface area (Å²) in [6.45, 7) is 5.20. The Morgan fingerprint density at radius 1 is 1.42 bits per heavy atom. The lowest BCUT2D eigenvalue weighted by Crippen LogP contribution is -2.49. The first-order chi connectivity index (χ1) is 9.20. The second kappa shape index (κ2) is 6.71. The molecule has 104 valence electrons. The van der Waals surface area contributed by atoms with Gasteiger partial charge in [0.05, 0.1) is 12.1 Å². The van der Waals surface area contributed by atoms with Crippen molar-refractivity contribution < 1.29 is 4.79 Å². The number of amides is 1. The van der Waals surface area contributed by atoms with Gasteiger partial charge in [-0.3, -0.25) is 4.79 Å². The van der Waals surface area contributed by atoms with E-state index in [1.165, 1.54) is 12.8 Å². The van der Waals surface area contributed by atoms with E-state index in [0.717, 1.165) is 18.5 Å². The first kappa shape index (κ1) is 14.1. The molecule has 0 radical (unpaired) electrons. The van der Waals surface area contributed by atoms with E-state index >= 15 is 0 Å². The third-order valence-corrected chi connectivity index (χ3v) is 4.06. The Labute approximate surface area is 115 Å². The van der Waals surface area contributed by atoms with Gasteiger partial charge in [0.2, 0.25) is 5.91 Å². The maximum atomic E-state index is 12.3. The quantitative estimate of drug-likeness (QED) is 0.874. The van der Waals surface area contributed by atoms with Gasteiger partial charge in [-0.25, -0.2) is 0 Å². The van der Waals surface area contributed by atoms with E-state index in [1.807, 2.05) is 37.3 Å². The molecule has 0 spiro atoms. The van der Waals surface area contributed by atoms with E-state index in [4.69, 9.17) is 0 Å². The van der Waals surface area contributed by atoms with Crippen molar-refractivity contribution >= 4 is 5.91 Å². The SMILES string of the molecule is CCC1CCNC(C(=O)NC(C)c2ccccc2)C1. The van der Waals surface area contributed by atoms with Gasteiger partial charge >= 0.3 is 0 Å². The van der Waals surface area contributed by atoms with Crippen molar-refractivity contribution in [3.63, 3.8) is 0 Å². The lowest BCUT2D eigenvalue weighted by molar-refractivity contribution is -0.124. The average molecular weight is 260 g/mol. The molecule has 1 saturated heterocycles. The van der Waals surface area contributed by atoms with Crippen molar-refractivity contribution in [1.82, 2.24) is 10.6 Å². The fraction of sp³-hybridized carbons (Fsp3) is 0.562. The minimum atomic E-state index is -0.0233. The van der Waals surface area contributed by atoms with Crippen LogP contribution in [0.3, 0.4) is 0 Å². The molecule has 2 N–H and O–H groups in total. The third kappa shape index (κ3) is 3.80. The average Bonchev–Trinajstić information content (AvgIpc) is 2.48. The molecule has 0 aliphatic carbocycles. The standard InChI is InChI=1S/C16H24N2O/c1-3-13-9-10-17-15(11-13)16(19)18-12(2)14-7-5-4-6-8-14/h4-8,12-13,15,17H,3,9-11H2,1-2H3,(H,18,19). The van der Waals surface area contributed by atoms with E-state index in [-0.39, 0.29) is 18.0 Å². The Morgan fingerprint density at radius 3 is 2.84 bits per heavy atom. The van der Waals surface area contributed by atoms with Crippen LogP contribution in [0.5, 0.6) is 0 Å². The van der Waals surface area contributed by atoms with Crippen LogP contribution in [0.2, 0.25) is 0 Å². The summed E-state index contributed by atoms with van der Waals surface area (Å²) in [4.78, 5) is 12.3. The fourth-order valence-corrected chi connectivity index (χ4v) is 2.71. The van der Waals surface area contributed by atoms with Crippen molar-refractivity contribution in [3.05, 3.63) is 35.9 Å². The predicted octanol–water partition coefficient (Wildman–Crippen LogP) is 2.64. The molecule has 3 atom stereocenters. The van der Waals surface area contributed by atoms with E-state index in [2.05, 4.69) is 17.6 Å². The zero-order valence-corrected chi connectivity index (χ0v) is 11.9. The Morgan fingerprint density at radius 2 is 2.16 bits per heavy atom. The molecule has 3 heteroatoms. The van der Waals surface area contributed by atoms with Gasteiger partial charge in [-0.05, 0) is 37.8 Å². The van der Waals surface area contributed by atoms with E-state index in [9.17, 15) is 4.79 Å². The number of carbonyl (C=O) groups excluding carboxylic acids is 1. The van der Waals surface area contributed by atoms with E-state index in [0.29, 0.717) is 5.92 Å². The molecular weight excluding hydrogens is 236 g/mol. The van der Waals surface area contributed by atoms with Crippen molar-refractivity contribution in [1.29, 1.82) is 0 Å². The van der Waals surface area contributed by atoms with Crippen LogP contribution >= 0.6 is 0 Å². The number of rotatable bonds is 4. The van der Waals surface area contributed by atoms with Crippen molar-refractivity contribution in [3.8, 4) is 0 Å². The van der Waals surface area contributed by atoms with Crippen LogP contribution in [0.25, 0.3) is 0 Å². The molecule has 0 aromatic heterocycles. The van der Waals surface area contributed by atoms with Crippen molar-refractivity contribution in [2.24, 2.45) is 5.92 Å². The Bertz CT molecular complexity index is 404. The molecule has 1 heterocycles. The molecule has 0 saturated carbocycles. The molecule has 19 heavy (non-hydrogen) atoms. The minimum absolute atomic E-state index is 0.0233. The molecule has 3 nitrogen and oxygen atoms in total. The zero-order valence-electron chi connectivity index (χ0n) is 11.9. The highest BCUT2D eigenvalue weighted by Crippen LogP contribution is 2.20. The van der Waals surface area contributed by atoms with Gasteiger partial charge in [0, 0.05) is 0 Å². The van der Waals surface area contributed by atoms with Crippen LogP contribution < -0.4 is 10.6 Å². The summed E-state index contributed by atoms with van der Waals surface area (Å²) < 4.78 is 0. The molecule has 2 rings (SSSR count). The minimum Gasteiger partial charge on any atom is -0.348 e. The molecular formula is C16H24N2O. The highest BCUT2D eigenvalue weighted by Gasteiger charge is 2.26. The number of piperidine rings is 1. The Hall–Kier alpha value is -1.35. The van der Waals surface area contributed by atoms with Gasteiger partial charge < -0.3 is 10.6 Å². The first-order valence-corrected chi connectivity index (χ1v) is 7.29. The van der Waals surface area contributed by atoms with Crippen LogP contribution in [-0.4, -0.2) is 18.5 Å². The molecule has 1 aromatic carbocycles. The maximum absolute atomic E-state index is 12.3. The topological polar surface area (TPSA) is 41.1 Å². The second-order valence-corrected chi connectivity index (χ2v) is 5.45. The lowest BCUT2D eigenvalue weighted by atomic mass is 9.90. The number of carbonyl (C=O) groups is 1. The van der Waals surface area contributed by atoms with Crippen LogP contribution in [-0.2, 0) is 4.79 Å². The van der Waals surface area contributed by atoms with Gasteiger partial charge in [-0.15, -0.1) is 0 Å². The Kier molecular flexibility index (Phi) is 4.97. The second-order valence-electron chi connectivity index (χ2n) is 5.45. The maximum Gasteiger partial charge on any atom is 0.237 e. The fourth-order valence-electron chi connectivity index (χ4n) is 2.71. The van der Waals surface area contributed by atoms with Crippen LogP contribution in [0, 0.1) is 5.92 Å². The van der Waals surface area contributed by atoms with Gasteiger partial charge in [-0.1, -0.05) is 43.7 Å². The molecule has 1 amide bonds. The summed E-state index contributed by atoms with van der Waals surface area (Å²) in [6, 6.07) is 10.1. The van der Waals surface area contributed by atoms with Crippen LogP contribution in [0.4, 0.5) is 0 Å². The van der Waals surface area contributed by atoms with Gasteiger partial charge in [-0.2, -0.15) is 0 Å². The lowest BCUT2D eigenvalue weighted by Gasteiger charge is -2.29. The summed E-state index contributed by atoms with van der Waals surface area (Å²) in [6.07, 6.45) is 3.32. The van der Waals surface area contributed by atoms with Crippen molar-refractivity contribution in [2.75, 3.05) is 6.54 Å². The van der Waals surface area contributed by atoms with E-state index in [1.54, 1.807) is 0 Å². The molecule has 0 bridgehead atoms. The van der Waals surface area contributed by atoms with Gasteiger partial charge in [0.1, 0.15) is 0 Å². The zero-order chi connectivity index (χ0) is 13.7. The largest absolute Gasteiger partial charge is 0.348 e. The molecule has 3 unspecified atom stereocenters. The molecule has 1 aliphatic rings.